The number of aliphatic carboxylic acids is 1. The molecule has 1 aromatic rings. The zero-order valence-corrected chi connectivity index (χ0v) is 14.3. The van der Waals surface area contributed by atoms with Gasteiger partial charge in [-0.25, -0.2) is 0 Å². The van der Waals surface area contributed by atoms with Gasteiger partial charge in [-0.3, -0.25) is 14.4 Å². The van der Waals surface area contributed by atoms with Crippen LogP contribution < -0.4 is 0 Å². The Kier molecular flexibility index (Phi) is 5.36. The highest BCUT2D eigenvalue weighted by molar-refractivity contribution is 5.89. The summed E-state index contributed by atoms with van der Waals surface area (Å²) in [5, 5.41) is 8.97. The minimum atomic E-state index is -0.883. The van der Waals surface area contributed by atoms with Gasteiger partial charge in [0.2, 0.25) is 11.8 Å². The predicted molar refractivity (Wildman–Crippen MR) is 91.8 cm³/mol. The first-order valence-corrected chi connectivity index (χ1v) is 8.89. The molecule has 1 heterocycles. The van der Waals surface area contributed by atoms with Crippen molar-refractivity contribution in [3.63, 3.8) is 0 Å². The minimum absolute atomic E-state index is 0.0639. The Morgan fingerprint density at radius 2 is 1.64 bits per heavy atom. The summed E-state index contributed by atoms with van der Waals surface area (Å²) >= 11 is 0. The Labute approximate surface area is 147 Å². The molecule has 2 aliphatic rings. The lowest BCUT2D eigenvalue weighted by molar-refractivity contribution is -0.142. The van der Waals surface area contributed by atoms with Crippen LogP contribution in [0.1, 0.15) is 24.8 Å². The van der Waals surface area contributed by atoms with Crippen molar-refractivity contribution in [2.24, 2.45) is 11.8 Å². The molecule has 1 aliphatic heterocycles. The molecular weight excluding hydrogens is 320 g/mol. The van der Waals surface area contributed by atoms with Crippen molar-refractivity contribution < 1.29 is 19.5 Å². The van der Waals surface area contributed by atoms with Crippen LogP contribution in [0.2, 0.25) is 0 Å². The van der Waals surface area contributed by atoms with Gasteiger partial charge in [0.1, 0.15) is 0 Å². The van der Waals surface area contributed by atoms with Crippen molar-refractivity contribution in [2.45, 2.75) is 25.7 Å². The number of carboxylic acids is 1. The van der Waals surface area contributed by atoms with Crippen LogP contribution >= 0.6 is 0 Å². The molecule has 3 rings (SSSR count). The van der Waals surface area contributed by atoms with E-state index in [2.05, 4.69) is 0 Å². The second-order valence-electron chi connectivity index (χ2n) is 6.83. The highest BCUT2D eigenvalue weighted by Gasteiger charge is 2.49. The Morgan fingerprint density at radius 1 is 0.960 bits per heavy atom. The Morgan fingerprint density at radius 3 is 2.32 bits per heavy atom. The average molecular weight is 344 g/mol. The summed E-state index contributed by atoms with van der Waals surface area (Å²) in [6.45, 7) is 2.29. The first-order chi connectivity index (χ1) is 12.1. The molecule has 134 valence electrons. The third-order valence-corrected chi connectivity index (χ3v) is 5.06. The second-order valence-corrected chi connectivity index (χ2v) is 6.83. The van der Waals surface area contributed by atoms with Gasteiger partial charge >= 0.3 is 5.97 Å². The Bertz CT molecular complexity index is 646. The molecule has 0 spiro atoms. The molecule has 0 radical (unpaired) electrons. The van der Waals surface area contributed by atoms with Gasteiger partial charge in [-0.15, -0.1) is 0 Å². The molecule has 2 fully saturated rings. The number of carbonyl (C=O) groups is 3. The summed E-state index contributed by atoms with van der Waals surface area (Å²) in [5.74, 6) is -1.71. The van der Waals surface area contributed by atoms with E-state index in [9.17, 15) is 14.4 Å². The van der Waals surface area contributed by atoms with Gasteiger partial charge in [0.25, 0.3) is 0 Å². The van der Waals surface area contributed by atoms with E-state index in [-0.39, 0.29) is 17.7 Å². The largest absolute Gasteiger partial charge is 0.481 e. The lowest BCUT2D eigenvalue weighted by Crippen LogP contribution is -2.38. The summed E-state index contributed by atoms with van der Waals surface area (Å²) in [6, 6.07) is 9.94. The smallest absolute Gasteiger partial charge is 0.307 e. The van der Waals surface area contributed by atoms with Gasteiger partial charge in [0, 0.05) is 32.6 Å². The van der Waals surface area contributed by atoms with Crippen LogP contribution in [0.3, 0.4) is 0 Å². The predicted octanol–water partition coefficient (Wildman–Crippen LogP) is 1.40. The van der Waals surface area contributed by atoms with E-state index in [1.807, 2.05) is 35.2 Å². The van der Waals surface area contributed by atoms with Crippen LogP contribution in [0.4, 0.5) is 0 Å². The molecule has 6 heteroatoms. The monoisotopic (exact) mass is 344 g/mol. The lowest BCUT2D eigenvalue weighted by Gasteiger charge is -2.22. The molecule has 0 bridgehead atoms. The second kappa shape index (κ2) is 7.68. The van der Waals surface area contributed by atoms with E-state index in [4.69, 9.17) is 5.11 Å². The van der Waals surface area contributed by atoms with E-state index in [1.54, 1.807) is 4.90 Å². The number of carbonyl (C=O) groups excluding carboxylic acids is 2. The highest BCUT2D eigenvalue weighted by atomic mass is 16.4. The van der Waals surface area contributed by atoms with E-state index >= 15 is 0 Å². The lowest BCUT2D eigenvalue weighted by atomic mass is 10.1. The van der Waals surface area contributed by atoms with Gasteiger partial charge in [0.05, 0.1) is 11.8 Å². The maximum Gasteiger partial charge on any atom is 0.307 e. The van der Waals surface area contributed by atoms with Crippen LogP contribution in [0, 0.1) is 11.8 Å². The summed E-state index contributed by atoms with van der Waals surface area (Å²) in [5.41, 5.74) is 1.15. The quantitative estimate of drug-likeness (QED) is 0.876. The molecule has 0 aromatic heterocycles. The minimum Gasteiger partial charge on any atom is -0.481 e. The van der Waals surface area contributed by atoms with Crippen molar-refractivity contribution in [2.75, 3.05) is 26.2 Å². The molecule has 2 atom stereocenters. The molecule has 1 aliphatic carbocycles. The zero-order chi connectivity index (χ0) is 17.8. The van der Waals surface area contributed by atoms with Crippen LogP contribution in [0.5, 0.6) is 0 Å². The average Bonchev–Trinajstić information content (AvgIpc) is 3.43. The number of hydrogen-bond donors (Lipinski definition) is 1. The normalized spacial score (nSPS) is 23.0. The number of benzene rings is 1. The van der Waals surface area contributed by atoms with E-state index in [0.717, 1.165) is 18.4 Å². The summed E-state index contributed by atoms with van der Waals surface area (Å²) in [7, 11) is 0. The summed E-state index contributed by atoms with van der Waals surface area (Å²) in [6.07, 6.45) is 2.39. The number of rotatable bonds is 5. The molecular formula is C19H24N2O4. The fourth-order valence-corrected chi connectivity index (χ4v) is 3.42. The van der Waals surface area contributed by atoms with Crippen LogP contribution in [0.25, 0.3) is 0 Å². The van der Waals surface area contributed by atoms with Crippen LogP contribution in [0.15, 0.2) is 30.3 Å². The summed E-state index contributed by atoms with van der Waals surface area (Å²) in [4.78, 5) is 39.3. The number of amides is 2. The number of hydrogen-bond acceptors (Lipinski definition) is 3. The van der Waals surface area contributed by atoms with Crippen molar-refractivity contribution in [1.82, 2.24) is 9.80 Å². The topological polar surface area (TPSA) is 77.9 Å². The molecule has 2 amide bonds. The van der Waals surface area contributed by atoms with E-state index < -0.39 is 11.9 Å². The molecule has 2 unspecified atom stereocenters. The standard InChI is InChI=1S/C19H24N2O4/c22-17(8-7-14-5-2-1-3-6-14)20-9-4-10-21(12-11-20)18(23)15-13-16(15)19(24)25/h1-3,5-6,15-16H,4,7-13H2,(H,24,25). The molecule has 6 nitrogen and oxygen atoms in total. The maximum atomic E-state index is 12.4. The van der Waals surface area contributed by atoms with Gasteiger partial charge in [-0.2, -0.15) is 0 Å². The van der Waals surface area contributed by atoms with Gasteiger partial charge in [0.15, 0.2) is 0 Å². The molecule has 1 saturated heterocycles. The third kappa shape index (κ3) is 4.38. The van der Waals surface area contributed by atoms with Crippen LogP contribution in [-0.2, 0) is 20.8 Å². The summed E-state index contributed by atoms with van der Waals surface area (Å²) < 4.78 is 0. The van der Waals surface area contributed by atoms with Gasteiger partial charge in [-0.1, -0.05) is 30.3 Å². The van der Waals surface area contributed by atoms with E-state index in [1.165, 1.54) is 0 Å². The van der Waals surface area contributed by atoms with Crippen molar-refractivity contribution >= 4 is 17.8 Å². The number of carboxylic acid groups (broad SMARTS) is 1. The highest BCUT2D eigenvalue weighted by Crippen LogP contribution is 2.40. The van der Waals surface area contributed by atoms with Crippen molar-refractivity contribution in [1.29, 1.82) is 0 Å². The number of nitrogens with zero attached hydrogens (tertiary/aromatic N) is 2. The fourth-order valence-electron chi connectivity index (χ4n) is 3.42. The Hall–Kier alpha value is -2.37. The third-order valence-electron chi connectivity index (χ3n) is 5.06. The molecule has 1 N–H and O–H groups in total. The fraction of sp³-hybridized carbons (Fsp3) is 0.526. The first kappa shape index (κ1) is 17.5. The van der Waals surface area contributed by atoms with Crippen LogP contribution in [-0.4, -0.2) is 58.9 Å². The number of aryl methyl sites for hydroxylation is 1. The van der Waals surface area contributed by atoms with Crippen molar-refractivity contribution in [3.8, 4) is 0 Å². The van der Waals surface area contributed by atoms with Gasteiger partial charge in [-0.05, 0) is 24.8 Å². The molecule has 25 heavy (non-hydrogen) atoms. The maximum absolute atomic E-state index is 12.4. The Balaban J connectivity index is 1.47. The molecule has 1 saturated carbocycles. The van der Waals surface area contributed by atoms with E-state index in [0.29, 0.717) is 39.0 Å². The zero-order valence-electron chi connectivity index (χ0n) is 14.3. The molecule has 1 aromatic carbocycles. The van der Waals surface area contributed by atoms with Gasteiger partial charge < -0.3 is 14.9 Å². The van der Waals surface area contributed by atoms with Crippen molar-refractivity contribution in [3.05, 3.63) is 35.9 Å². The SMILES string of the molecule is O=C(O)C1CC1C(=O)N1CCCN(C(=O)CCc2ccccc2)CC1. The first-order valence-electron chi connectivity index (χ1n) is 8.89.